The summed E-state index contributed by atoms with van der Waals surface area (Å²) in [7, 11) is 1.51. The lowest BCUT2D eigenvalue weighted by Crippen LogP contribution is -2.33. The summed E-state index contributed by atoms with van der Waals surface area (Å²) < 4.78 is 22.0. The summed E-state index contributed by atoms with van der Waals surface area (Å²) in [4.78, 5) is 39.3. The fourth-order valence-electron chi connectivity index (χ4n) is 4.25. The number of nitrogens with zero attached hydrogens (tertiary/aromatic N) is 1. The van der Waals surface area contributed by atoms with E-state index in [9.17, 15) is 14.4 Å². The van der Waals surface area contributed by atoms with Crippen LogP contribution in [0, 0.1) is 5.92 Å². The lowest BCUT2D eigenvalue weighted by molar-refractivity contribution is -0.157. The van der Waals surface area contributed by atoms with Crippen LogP contribution in [0.25, 0.3) is 21.9 Å². The molecule has 35 heavy (non-hydrogen) atoms. The van der Waals surface area contributed by atoms with Crippen molar-refractivity contribution in [3.63, 3.8) is 0 Å². The zero-order valence-electron chi connectivity index (χ0n) is 19.3. The van der Waals surface area contributed by atoms with E-state index in [0.29, 0.717) is 22.8 Å². The molecular weight excluding hydrogens is 452 g/mol. The van der Waals surface area contributed by atoms with E-state index in [-0.39, 0.29) is 25.4 Å². The molecule has 0 radical (unpaired) electrons. The lowest BCUT2D eigenvalue weighted by atomic mass is 10.1. The molecule has 1 N–H and O–H groups in total. The minimum absolute atomic E-state index is 0.0322. The van der Waals surface area contributed by atoms with Crippen LogP contribution in [0.2, 0.25) is 0 Å². The molecule has 0 saturated carbocycles. The third-order valence-electron chi connectivity index (χ3n) is 6.09. The Morgan fingerprint density at radius 2 is 1.97 bits per heavy atom. The van der Waals surface area contributed by atoms with Crippen molar-refractivity contribution in [2.24, 2.45) is 5.92 Å². The number of carbonyl (C=O) groups excluding carboxylic acids is 3. The quantitative estimate of drug-likeness (QED) is 0.400. The number of esters is 1. The number of likely N-dealkylation sites (tertiary alicyclic amines) is 1. The van der Waals surface area contributed by atoms with Crippen molar-refractivity contribution in [3.8, 4) is 5.75 Å². The topological polar surface area (TPSA) is 111 Å². The van der Waals surface area contributed by atoms with Gasteiger partial charge in [-0.25, -0.2) is 0 Å². The molecule has 2 amide bonds. The van der Waals surface area contributed by atoms with Gasteiger partial charge in [0, 0.05) is 29.8 Å². The van der Waals surface area contributed by atoms with Gasteiger partial charge < -0.3 is 28.5 Å². The van der Waals surface area contributed by atoms with Crippen LogP contribution < -0.4 is 10.1 Å². The van der Waals surface area contributed by atoms with Crippen LogP contribution in [-0.2, 0) is 25.7 Å². The van der Waals surface area contributed by atoms with Gasteiger partial charge in [0.2, 0.25) is 5.91 Å². The number of rotatable bonds is 7. The van der Waals surface area contributed by atoms with Gasteiger partial charge in [-0.2, -0.15) is 0 Å². The first-order chi connectivity index (χ1) is 16.9. The Balaban J connectivity index is 1.25. The molecule has 180 valence electrons. The largest absolute Gasteiger partial charge is 0.495 e. The van der Waals surface area contributed by atoms with Crippen molar-refractivity contribution in [2.75, 3.05) is 19.0 Å². The molecule has 1 aliphatic rings. The molecule has 0 unspecified atom stereocenters. The van der Waals surface area contributed by atoms with Gasteiger partial charge in [-0.05, 0) is 31.2 Å². The Morgan fingerprint density at radius 3 is 2.74 bits per heavy atom. The van der Waals surface area contributed by atoms with Crippen LogP contribution in [0.1, 0.15) is 19.1 Å². The van der Waals surface area contributed by atoms with Crippen LogP contribution in [-0.4, -0.2) is 42.4 Å². The van der Waals surface area contributed by atoms with Gasteiger partial charge >= 0.3 is 5.97 Å². The summed E-state index contributed by atoms with van der Waals surface area (Å²) in [6.45, 7) is 1.98. The van der Waals surface area contributed by atoms with Crippen LogP contribution in [0.4, 0.5) is 5.69 Å². The molecule has 2 aromatic heterocycles. The average molecular weight is 476 g/mol. The molecule has 1 saturated heterocycles. The van der Waals surface area contributed by atoms with Crippen molar-refractivity contribution in [1.82, 2.24) is 4.90 Å². The highest BCUT2D eigenvalue weighted by Gasteiger charge is 2.37. The predicted molar refractivity (Wildman–Crippen MR) is 127 cm³/mol. The van der Waals surface area contributed by atoms with E-state index in [2.05, 4.69) is 5.32 Å². The second kappa shape index (κ2) is 9.17. The maximum atomic E-state index is 12.8. The van der Waals surface area contributed by atoms with E-state index in [1.54, 1.807) is 29.2 Å². The Hall–Kier alpha value is -4.27. The number of hydrogen-bond donors (Lipinski definition) is 1. The number of amides is 2. The maximum absolute atomic E-state index is 12.8. The van der Waals surface area contributed by atoms with E-state index in [0.717, 1.165) is 16.4 Å². The average Bonchev–Trinajstić information content (AvgIpc) is 3.58. The number of hydrogen-bond acceptors (Lipinski definition) is 7. The summed E-state index contributed by atoms with van der Waals surface area (Å²) >= 11 is 0. The van der Waals surface area contributed by atoms with Crippen molar-refractivity contribution >= 4 is 45.4 Å². The summed E-state index contributed by atoms with van der Waals surface area (Å²) in [5, 5.41) is 4.55. The van der Waals surface area contributed by atoms with Gasteiger partial charge in [0.1, 0.15) is 22.7 Å². The number of nitrogens with one attached hydrogen (secondary N) is 1. The summed E-state index contributed by atoms with van der Waals surface area (Å²) in [5.74, 6) is -0.841. The Bertz CT molecular complexity index is 1410. The molecule has 0 spiro atoms. The van der Waals surface area contributed by atoms with Gasteiger partial charge in [-0.3, -0.25) is 14.4 Å². The number of ether oxygens (including phenoxy) is 2. The van der Waals surface area contributed by atoms with E-state index >= 15 is 0 Å². The highest BCUT2D eigenvalue weighted by Crippen LogP contribution is 2.36. The van der Waals surface area contributed by atoms with Crippen molar-refractivity contribution < 1.29 is 32.7 Å². The van der Waals surface area contributed by atoms with E-state index in [1.807, 2.05) is 24.3 Å². The van der Waals surface area contributed by atoms with E-state index in [1.165, 1.54) is 20.3 Å². The third-order valence-corrected chi connectivity index (χ3v) is 6.09. The zero-order chi connectivity index (χ0) is 24.5. The molecule has 2 atom stereocenters. The number of fused-ring (bicyclic) bond motifs is 3. The summed E-state index contributed by atoms with van der Waals surface area (Å²) in [5.41, 5.74) is 1.71. The highest BCUT2D eigenvalue weighted by atomic mass is 16.5. The number of benzene rings is 2. The van der Waals surface area contributed by atoms with Crippen molar-refractivity contribution in [3.05, 3.63) is 60.6 Å². The van der Waals surface area contributed by atoms with Crippen molar-refractivity contribution in [2.45, 2.75) is 26.0 Å². The minimum Gasteiger partial charge on any atom is -0.495 e. The number of methoxy groups -OCH3 is 1. The monoisotopic (exact) mass is 476 g/mol. The number of anilines is 1. The van der Waals surface area contributed by atoms with Gasteiger partial charge in [-0.15, -0.1) is 0 Å². The van der Waals surface area contributed by atoms with Crippen molar-refractivity contribution in [1.29, 1.82) is 0 Å². The SMILES string of the molecule is COc1cc2c(cc1NC(=O)[C@@H](C)OC(=O)[C@@H]1CC(=O)N(Cc3ccco3)C1)oc1ccccc12. The second-order valence-electron chi connectivity index (χ2n) is 8.47. The normalized spacial score (nSPS) is 16.6. The first-order valence-electron chi connectivity index (χ1n) is 11.2. The predicted octanol–water partition coefficient (Wildman–Crippen LogP) is 4.11. The molecule has 9 nitrogen and oxygen atoms in total. The molecule has 5 rings (SSSR count). The van der Waals surface area contributed by atoms with Gasteiger partial charge in [-0.1, -0.05) is 18.2 Å². The van der Waals surface area contributed by atoms with Gasteiger partial charge in [0.05, 0.1) is 31.5 Å². The molecule has 4 aromatic rings. The molecule has 1 fully saturated rings. The minimum atomic E-state index is -1.08. The number of para-hydroxylation sites is 1. The lowest BCUT2D eigenvalue weighted by Gasteiger charge is -2.18. The molecule has 2 aromatic carbocycles. The zero-order valence-corrected chi connectivity index (χ0v) is 19.3. The molecular formula is C26H24N2O7. The fraction of sp³-hybridized carbons (Fsp3) is 0.269. The molecule has 3 heterocycles. The summed E-state index contributed by atoms with van der Waals surface area (Å²) in [6.07, 6.45) is 0.487. The third kappa shape index (κ3) is 4.44. The maximum Gasteiger partial charge on any atom is 0.312 e. The highest BCUT2D eigenvalue weighted by molar-refractivity contribution is 6.08. The summed E-state index contributed by atoms with van der Waals surface area (Å²) in [6, 6.07) is 14.6. The standard InChI is InChI=1S/C26H24N2O7/c1-15(34-26(31)16-10-24(29)28(13-16)14-17-6-5-9-33-17)25(30)27-20-12-22-19(11-23(20)32-2)18-7-3-4-8-21(18)35-22/h3-9,11-12,15-16H,10,13-14H2,1-2H3,(H,27,30)/t15-,16-/m1/s1. The smallest absolute Gasteiger partial charge is 0.312 e. The molecule has 0 aliphatic carbocycles. The van der Waals surface area contributed by atoms with E-state index in [4.69, 9.17) is 18.3 Å². The molecule has 0 bridgehead atoms. The first kappa shape index (κ1) is 22.5. The Morgan fingerprint density at radius 1 is 1.14 bits per heavy atom. The fourth-order valence-corrected chi connectivity index (χ4v) is 4.25. The van der Waals surface area contributed by atoms with Crippen LogP contribution in [0.5, 0.6) is 5.75 Å². The Kier molecular flexibility index (Phi) is 5.90. The van der Waals surface area contributed by atoms with Crippen LogP contribution in [0.3, 0.4) is 0 Å². The second-order valence-corrected chi connectivity index (χ2v) is 8.47. The number of furan rings is 2. The first-order valence-corrected chi connectivity index (χ1v) is 11.2. The molecule has 1 aliphatic heterocycles. The molecule has 9 heteroatoms. The van der Waals surface area contributed by atoms with Gasteiger partial charge in [0.25, 0.3) is 5.91 Å². The van der Waals surface area contributed by atoms with Gasteiger partial charge in [0.15, 0.2) is 6.10 Å². The van der Waals surface area contributed by atoms with Crippen LogP contribution >= 0.6 is 0 Å². The number of carbonyl (C=O) groups is 3. The Labute approximate surface area is 200 Å². The van der Waals surface area contributed by atoms with E-state index < -0.39 is 23.9 Å². The van der Waals surface area contributed by atoms with Crippen LogP contribution in [0.15, 0.2) is 63.6 Å².